The van der Waals surface area contributed by atoms with E-state index in [1.165, 1.54) is 89.8 Å². The van der Waals surface area contributed by atoms with Crippen LogP contribution in [0.1, 0.15) is 97.2 Å². The summed E-state index contributed by atoms with van der Waals surface area (Å²) in [5.41, 5.74) is 20.9. The second kappa shape index (κ2) is 8.91. The van der Waals surface area contributed by atoms with Gasteiger partial charge in [0.1, 0.15) is 0 Å². The molecule has 0 atom stereocenters. The zero-order valence-corrected chi connectivity index (χ0v) is 28.5. The SMILES string of the molecule is Cc1cc(C)cc(N(c2cc(C)cc(C)c2)c2cc3c4c(c2)C(C)(C)c2cccc5c2N4c2c(cccc2C3(C)C)C5(C)C)c1. The summed E-state index contributed by atoms with van der Waals surface area (Å²) in [5, 5.41) is 0. The third kappa shape index (κ3) is 3.69. The summed E-state index contributed by atoms with van der Waals surface area (Å²) >= 11 is 0. The molecule has 0 N–H and O–H groups in total. The maximum Gasteiger partial charge on any atom is 0.0545 e. The molecule has 0 aliphatic carbocycles. The standard InChI is InChI=1S/C43H44N2/c1-25-17-26(2)20-29(19-25)44(30-21-27(3)18-28(4)22-30)31-23-36-40-37(24-31)43(9,10)35-16-12-14-33-39(35)45(40)38-32(41(33,5)6)13-11-15-34(38)42(36,7)8/h11-24H,1-10H3. The molecule has 0 saturated heterocycles. The molecule has 45 heavy (non-hydrogen) atoms. The van der Waals surface area contributed by atoms with Gasteiger partial charge in [-0.2, -0.15) is 0 Å². The maximum atomic E-state index is 2.66. The highest BCUT2D eigenvalue weighted by atomic mass is 15.2. The molecule has 5 aromatic rings. The van der Waals surface area contributed by atoms with Gasteiger partial charge in [-0.05, 0) is 120 Å². The average Bonchev–Trinajstić information content (AvgIpc) is 2.95. The first kappa shape index (κ1) is 28.2. The minimum absolute atomic E-state index is 0.0862. The van der Waals surface area contributed by atoms with Crippen LogP contribution in [0.15, 0.2) is 84.9 Å². The van der Waals surface area contributed by atoms with Crippen LogP contribution in [0.5, 0.6) is 0 Å². The van der Waals surface area contributed by atoms with Crippen molar-refractivity contribution in [3.63, 3.8) is 0 Å². The lowest BCUT2D eigenvalue weighted by Gasteiger charge is -2.55. The highest BCUT2D eigenvalue weighted by Crippen LogP contribution is 2.66. The van der Waals surface area contributed by atoms with E-state index < -0.39 is 0 Å². The second-order valence-corrected chi connectivity index (χ2v) is 15.5. The molecule has 2 heteroatoms. The van der Waals surface area contributed by atoms with Crippen molar-refractivity contribution in [1.29, 1.82) is 0 Å². The van der Waals surface area contributed by atoms with Gasteiger partial charge in [0.15, 0.2) is 0 Å². The Bertz CT molecular complexity index is 1910. The van der Waals surface area contributed by atoms with Crippen LogP contribution in [0, 0.1) is 27.7 Å². The molecule has 0 saturated carbocycles. The summed E-state index contributed by atoms with van der Waals surface area (Å²) in [4.78, 5) is 5.16. The molecular weight excluding hydrogens is 544 g/mol. The molecule has 0 aromatic heterocycles. The topological polar surface area (TPSA) is 6.48 Å². The van der Waals surface area contributed by atoms with Crippen LogP contribution in [0.25, 0.3) is 0 Å². The normalized spacial score (nSPS) is 17.2. The number of nitrogens with zero attached hydrogens (tertiary/aromatic N) is 2. The van der Waals surface area contributed by atoms with E-state index in [1.807, 2.05) is 0 Å². The molecule has 0 amide bonds. The number of hydrogen-bond donors (Lipinski definition) is 0. The largest absolute Gasteiger partial charge is 0.310 e. The van der Waals surface area contributed by atoms with Crippen molar-refractivity contribution in [2.24, 2.45) is 0 Å². The Morgan fingerprint density at radius 1 is 0.400 bits per heavy atom. The lowest BCUT2D eigenvalue weighted by atomic mass is 9.61. The minimum Gasteiger partial charge on any atom is -0.310 e. The fourth-order valence-corrected chi connectivity index (χ4v) is 8.91. The van der Waals surface area contributed by atoms with Gasteiger partial charge in [-0.1, -0.05) is 90.1 Å². The molecule has 0 fully saturated rings. The maximum absolute atomic E-state index is 2.66. The van der Waals surface area contributed by atoms with E-state index in [4.69, 9.17) is 0 Å². The summed E-state index contributed by atoms with van der Waals surface area (Å²) in [6.07, 6.45) is 0. The van der Waals surface area contributed by atoms with Crippen LogP contribution in [-0.4, -0.2) is 0 Å². The van der Waals surface area contributed by atoms with E-state index in [9.17, 15) is 0 Å². The fraction of sp³-hybridized carbons (Fsp3) is 0.302. The predicted octanol–water partition coefficient (Wildman–Crippen LogP) is 11.8. The van der Waals surface area contributed by atoms with Crippen LogP contribution in [-0.2, 0) is 16.2 Å². The zero-order chi connectivity index (χ0) is 31.8. The Morgan fingerprint density at radius 2 is 0.689 bits per heavy atom. The molecule has 226 valence electrons. The second-order valence-electron chi connectivity index (χ2n) is 15.5. The number of rotatable bonds is 3. The number of hydrogen-bond acceptors (Lipinski definition) is 2. The summed E-state index contributed by atoms with van der Waals surface area (Å²) < 4.78 is 0. The molecule has 2 nitrogen and oxygen atoms in total. The van der Waals surface area contributed by atoms with E-state index in [2.05, 4.69) is 164 Å². The van der Waals surface area contributed by atoms with Gasteiger partial charge in [-0.25, -0.2) is 0 Å². The van der Waals surface area contributed by atoms with Gasteiger partial charge in [-0.15, -0.1) is 0 Å². The monoisotopic (exact) mass is 588 g/mol. The molecule has 8 rings (SSSR count). The van der Waals surface area contributed by atoms with Gasteiger partial charge in [0, 0.05) is 33.3 Å². The van der Waals surface area contributed by atoms with Crippen LogP contribution < -0.4 is 9.80 Å². The van der Waals surface area contributed by atoms with E-state index in [0.29, 0.717) is 0 Å². The highest BCUT2D eigenvalue weighted by Gasteiger charge is 2.51. The van der Waals surface area contributed by atoms with Crippen LogP contribution in [0.4, 0.5) is 34.1 Å². The van der Waals surface area contributed by atoms with Crippen LogP contribution in [0.2, 0.25) is 0 Å². The first-order valence-corrected chi connectivity index (χ1v) is 16.4. The Balaban J connectivity index is 1.50. The van der Waals surface area contributed by atoms with Gasteiger partial charge in [-0.3, -0.25) is 0 Å². The van der Waals surface area contributed by atoms with Gasteiger partial charge >= 0.3 is 0 Å². The Kier molecular flexibility index (Phi) is 5.58. The number of anilines is 6. The zero-order valence-electron chi connectivity index (χ0n) is 28.5. The summed E-state index contributed by atoms with van der Waals surface area (Å²) in [5.74, 6) is 0. The van der Waals surface area contributed by atoms with Gasteiger partial charge in [0.2, 0.25) is 0 Å². The highest BCUT2D eigenvalue weighted by molar-refractivity contribution is 5.99. The molecule has 3 heterocycles. The molecule has 0 spiro atoms. The number of para-hydroxylation sites is 2. The minimum atomic E-state index is -0.186. The van der Waals surface area contributed by atoms with Crippen molar-refractivity contribution in [2.75, 3.05) is 9.80 Å². The lowest BCUT2D eigenvalue weighted by Crippen LogP contribution is -2.43. The van der Waals surface area contributed by atoms with E-state index in [0.717, 1.165) is 0 Å². The third-order valence-electron chi connectivity index (χ3n) is 11.1. The summed E-state index contributed by atoms with van der Waals surface area (Å²) in [7, 11) is 0. The van der Waals surface area contributed by atoms with Gasteiger partial charge in [0.25, 0.3) is 0 Å². The van der Waals surface area contributed by atoms with Crippen molar-refractivity contribution in [2.45, 2.75) is 85.5 Å². The molecule has 3 aliphatic heterocycles. The van der Waals surface area contributed by atoms with Gasteiger partial charge in [0.05, 0.1) is 17.1 Å². The summed E-state index contributed by atoms with van der Waals surface area (Å²) in [6.45, 7) is 23.4. The Hall–Kier alpha value is -4.30. The van der Waals surface area contributed by atoms with Crippen molar-refractivity contribution >= 4 is 34.1 Å². The van der Waals surface area contributed by atoms with Crippen LogP contribution >= 0.6 is 0 Å². The summed E-state index contributed by atoms with van der Waals surface area (Å²) in [6, 6.07) is 33.0. The molecule has 0 radical (unpaired) electrons. The number of benzene rings is 5. The fourth-order valence-electron chi connectivity index (χ4n) is 8.91. The van der Waals surface area contributed by atoms with Crippen molar-refractivity contribution in [1.82, 2.24) is 0 Å². The average molecular weight is 589 g/mol. The number of aryl methyl sites for hydroxylation is 4. The first-order valence-electron chi connectivity index (χ1n) is 16.4. The predicted molar refractivity (Wildman–Crippen MR) is 191 cm³/mol. The van der Waals surface area contributed by atoms with Gasteiger partial charge < -0.3 is 9.80 Å². The van der Waals surface area contributed by atoms with Crippen molar-refractivity contribution in [3.05, 3.63) is 141 Å². The van der Waals surface area contributed by atoms with E-state index in [-0.39, 0.29) is 16.2 Å². The van der Waals surface area contributed by atoms with Crippen molar-refractivity contribution in [3.8, 4) is 0 Å². The molecule has 5 aromatic carbocycles. The Morgan fingerprint density at radius 3 is 1.04 bits per heavy atom. The Labute approximate surface area is 269 Å². The first-order chi connectivity index (χ1) is 21.2. The van der Waals surface area contributed by atoms with Crippen LogP contribution in [0.3, 0.4) is 0 Å². The van der Waals surface area contributed by atoms with E-state index in [1.54, 1.807) is 0 Å². The molecule has 0 unspecified atom stereocenters. The molecule has 0 bridgehead atoms. The van der Waals surface area contributed by atoms with Crippen molar-refractivity contribution < 1.29 is 0 Å². The van der Waals surface area contributed by atoms with E-state index >= 15 is 0 Å². The quantitative estimate of drug-likeness (QED) is 0.207. The lowest BCUT2D eigenvalue weighted by molar-refractivity contribution is 0.566. The smallest absolute Gasteiger partial charge is 0.0545 e. The third-order valence-corrected chi connectivity index (χ3v) is 11.1. The molecular formula is C43H44N2. The molecule has 3 aliphatic rings.